The molecule has 0 amide bonds. The van der Waals surface area contributed by atoms with E-state index in [1.807, 2.05) is 130 Å². The van der Waals surface area contributed by atoms with E-state index in [9.17, 15) is 5.11 Å². The molecule has 308 valence electrons. The second-order valence-corrected chi connectivity index (χ2v) is 15.1. The molecule has 9 nitrogen and oxygen atoms in total. The van der Waals surface area contributed by atoms with Crippen LogP contribution in [0, 0.1) is 12.7 Å². The Labute approximate surface area is 355 Å². The maximum atomic E-state index is 17.6. The Morgan fingerprint density at radius 1 is 0.754 bits per heavy atom. The first-order chi connectivity index (χ1) is 29.7. The third-order valence-electron chi connectivity index (χ3n) is 10.6. The summed E-state index contributed by atoms with van der Waals surface area (Å²) in [5, 5.41) is 18.9. The first kappa shape index (κ1) is 40.7. The van der Waals surface area contributed by atoms with Crippen LogP contribution in [0.5, 0.6) is 11.5 Å². The second-order valence-electron chi connectivity index (χ2n) is 15.1. The van der Waals surface area contributed by atoms with Crippen molar-refractivity contribution in [2.45, 2.75) is 58.4 Å². The molecule has 0 aliphatic heterocycles. The summed E-state index contributed by atoms with van der Waals surface area (Å²) in [7, 11) is 0. The minimum Gasteiger partial charge on any atom is -0.494 e. The van der Waals surface area contributed by atoms with E-state index in [4.69, 9.17) is 19.0 Å². The Hall–Kier alpha value is -7.04. The highest BCUT2D eigenvalue weighted by molar-refractivity contribution is 5.67. The van der Waals surface area contributed by atoms with Gasteiger partial charge in [-0.25, -0.2) is 9.37 Å². The highest BCUT2D eigenvalue weighted by Crippen LogP contribution is 2.46. The van der Waals surface area contributed by atoms with Gasteiger partial charge in [-0.05, 0) is 80.3 Å². The first-order valence-electron chi connectivity index (χ1n) is 20.5. The molecule has 2 N–H and O–H groups in total. The summed E-state index contributed by atoms with van der Waals surface area (Å²) in [6.45, 7) is 9.46. The van der Waals surface area contributed by atoms with Crippen molar-refractivity contribution in [1.82, 2.24) is 19.7 Å². The van der Waals surface area contributed by atoms with Crippen LogP contribution in [-0.4, -0.2) is 37.5 Å². The molecule has 0 saturated carbocycles. The van der Waals surface area contributed by atoms with Gasteiger partial charge in [-0.3, -0.25) is 0 Å². The molecule has 0 spiro atoms. The number of aliphatic hydroxyl groups excluding tert-OH is 1. The van der Waals surface area contributed by atoms with Gasteiger partial charge in [0, 0.05) is 41.6 Å². The highest BCUT2D eigenvalue weighted by atomic mass is 19.1. The number of halogens is 1. The topological polar surface area (TPSA) is 107 Å². The standard InChI is InChI=1S/C51H48FN5O4/c1-6-59-41-30-44(47(52)46(31-41)60-33(2)3)48(54-40-28-26-36(27-29-40)49-53-35(5)61-56-49)50-55-45(43-25-17-16-24-42(43)34(4)58)32-57(50)51(37-18-10-7-11-19-37,38-20-12-8-13-21-38)39-22-14-9-15-23-39/h7-34,48,54,58H,6H2,1-5H3. The van der Waals surface area contributed by atoms with E-state index in [0.717, 1.165) is 27.8 Å². The van der Waals surface area contributed by atoms with Crippen molar-refractivity contribution in [1.29, 1.82) is 0 Å². The third kappa shape index (κ3) is 8.14. The number of benzene rings is 6. The zero-order valence-electron chi connectivity index (χ0n) is 34.8. The molecule has 2 aromatic heterocycles. The second kappa shape index (κ2) is 17.7. The van der Waals surface area contributed by atoms with E-state index in [-0.39, 0.29) is 17.4 Å². The van der Waals surface area contributed by atoms with Gasteiger partial charge in [-0.2, -0.15) is 4.98 Å². The lowest BCUT2D eigenvalue weighted by atomic mass is 9.76. The van der Waals surface area contributed by atoms with Crippen molar-refractivity contribution < 1.29 is 23.5 Å². The predicted molar refractivity (Wildman–Crippen MR) is 236 cm³/mol. The van der Waals surface area contributed by atoms with Crippen LogP contribution in [0.25, 0.3) is 22.6 Å². The van der Waals surface area contributed by atoms with E-state index in [2.05, 4.69) is 56.4 Å². The molecule has 0 aliphatic rings. The molecular weight excluding hydrogens is 766 g/mol. The number of nitrogens with one attached hydrogen (secondary N) is 1. The van der Waals surface area contributed by atoms with Crippen LogP contribution < -0.4 is 14.8 Å². The summed E-state index contributed by atoms with van der Waals surface area (Å²) in [5.74, 6) is 1.35. The summed E-state index contributed by atoms with van der Waals surface area (Å²) >= 11 is 0. The van der Waals surface area contributed by atoms with Crippen LogP contribution >= 0.6 is 0 Å². The lowest BCUT2D eigenvalue weighted by molar-refractivity contribution is 0.200. The monoisotopic (exact) mass is 813 g/mol. The van der Waals surface area contributed by atoms with Crippen LogP contribution in [0.15, 0.2) is 162 Å². The van der Waals surface area contributed by atoms with Crippen molar-refractivity contribution in [3.63, 3.8) is 0 Å². The summed E-state index contributed by atoms with van der Waals surface area (Å²) in [6, 6.07) is 48.5. The molecule has 2 heterocycles. The lowest BCUT2D eigenvalue weighted by Crippen LogP contribution is -2.39. The van der Waals surface area contributed by atoms with E-state index in [1.54, 1.807) is 26.0 Å². The zero-order chi connectivity index (χ0) is 42.5. The van der Waals surface area contributed by atoms with Crippen LogP contribution in [0.3, 0.4) is 0 Å². The quantitative estimate of drug-likeness (QED) is 0.0986. The largest absolute Gasteiger partial charge is 0.494 e. The summed E-state index contributed by atoms with van der Waals surface area (Å²) in [6.07, 6.45) is 0.910. The number of ether oxygens (including phenoxy) is 2. The Morgan fingerprint density at radius 2 is 1.34 bits per heavy atom. The van der Waals surface area contributed by atoms with Crippen LogP contribution in [0.1, 0.15) is 79.4 Å². The minimum absolute atomic E-state index is 0.0591. The minimum atomic E-state index is -1.06. The molecule has 8 rings (SSSR count). The van der Waals surface area contributed by atoms with Gasteiger partial charge in [-0.1, -0.05) is 120 Å². The third-order valence-corrected chi connectivity index (χ3v) is 10.6. The van der Waals surface area contributed by atoms with Crippen LogP contribution in [0.4, 0.5) is 10.1 Å². The number of imidazole rings is 1. The Kier molecular flexibility index (Phi) is 11.8. The number of rotatable bonds is 15. The zero-order valence-corrected chi connectivity index (χ0v) is 34.8. The molecule has 0 saturated heterocycles. The maximum Gasteiger partial charge on any atom is 0.223 e. The normalized spacial score (nSPS) is 12.6. The van der Waals surface area contributed by atoms with Crippen molar-refractivity contribution >= 4 is 5.69 Å². The van der Waals surface area contributed by atoms with Crippen molar-refractivity contribution in [2.75, 3.05) is 11.9 Å². The number of anilines is 1. The molecule has 6 aromatic carbocycles. The lowest BCUT2D eigenvalue weighted by Gasteiger charge is -2.39. The molecule has 0 fully saturated rings. The highest BCUT2D eigenvalue weighted by Gasteiger charge is 2.42. The first-order valence-corrected chi connectivity index (χ1v) is 20.5. The average Bonchev–Trinajstić information content (AvgIpc) is 3.93. The van der Waals surface area contributed by atoms with E-state index < -0.39 is 23.5 Å². The number of hydrogen-bond acceptors (Lipinski definition) is 8. The van der Waals surface area contributed by atoms with Crippen molar-refractivity contribution in [3.8, 4) is 34.1 Å². The molecule has 61 heavy (non-hydrogen) atoms. The summed E-state index contributed by atoms with van der Waals surface area (Å²) in [4.78, 5) is 9.93. The number of aromatic nitrogens is 4. The van der Waals surface area contributed by atoms with Gasteiger partial charge >= 0.3 is 0 Å². The molecular formula is C51H48FN5O4. The van der Waals surface area contributed by atoms with Crippen molar-refractivity contribution in [3.05, 3.63) is 203 Å². The fourth-order valence-electron chi connectivity index (χ4n) is 8.02. The van der Waals surface area contributed by atoms with Gasteiger partial charge < -0.3 is 29.0 Å². The number of nitrogens with zero attached hydrogens (tertiary/aromatic N) is 4. The summed E-state index contributed by atoms with van der Waals surface area (Å²) in [5.41, 5.74) is 5.52. The van der Waals surface area contributed by atoms with E-state index in [1.165, 1.54) is 0 Å². The fourth-order valence-corrected chi connectivity index (χ4v) is 8.02. The average molecular weight is 814 g/mol. The maximum absolute atomic E-state index is 17.6. The van der Waals surface area contributed by atoms with Gasteiger partial charge in [0.15, 0.2) is 11.6 Å². The smallest absolute Gasteiger partial charge is 0.223 e. The molecule has 10 heteroatoms. The molecule has 0 radical (unpaired) electrons. The van der Waals surface area contributed by atoms with Gasteiger partial charge in [0.05, 0.1) is 24.5 Å². The Balaban J connectivity index is 1.48. The molecule has 2 unspecified atom stereocenters. The van der Waals surface area contributed by atoms with Crippen LogP contribution in [-0.2, 0) is 5.54 Å². The molecule has 0 bridgehead atoms. The van der Waals surface area contributed by atoms with Crippen molar-refractivity contribution in [2.24, 2.45) is 0 Å². The fraction of sp³-hybridized carbons (Fsp3) is 0.196. The SMILES string of the molecule is CCOc1cc(OC(C)C)c(F)c(C(Nc2ccc(-c3noc(C)n3)cc2)c2nc(-c3ccccc3C(C)O)cn2C(c2ccccc2)(c2ccccc2)c2ccccc2)c1. The predicted octanol–water partition coefficient (Wildman–Crippen LogP) is 11.3. The van der Waals surface area contributed by atoms with Gasteiger partial charge in [0.2, 0.25) is 11.7 Å². The Morgan fingerprint density at radius 3 is 1.89 bits per heavy atom. The number of aliphatic hydroxyl groups is 1. The molecule has 2 atom stereocenters. The van der Waals surface area contributed by atoms with E-state index >= 15 is 4.39 Å². The molecule has 8 aromatic rings. The molecule has 0 aliphatic carbocycles. The number of aryl methyl sites for hydroxylation is 1. The van der Waals surface area contributed by atoms with Gasteiger partial charge in [-0.15, -0.1) is 0 Å². The van der Waals surface area contributed by atoms with E-state index in [0.29, 0.717) is 46.8 Å². The summed E-state index contributed by atoms with van der Waals surface area (Å²) < 4.78 is 37.2. The van der Waals surface area contributed by atoms with Crippen LogP contribution in [0.2, 0.25) is 0 Å². The van der Waals surface area contributed by atoms with Gasteiger partial charge in [0.25, 0.3) is 0 Å². The Bertz CT molecular complexity index is 2600. The number of hydrogen-bond donors (Lipinski definition) is 2. The van der Waals surface area contributed by atoms with Gasteiger partial charge in [0.1, 0.15) is 23.2 Å².